The SMILES string of the molecule is O=c1[nH]ccc2c3nc(C4=C(F)C=CCC4Cl)[nH]c3c3ccc(-c4ccc(Cl)nc4)cc3c12. The Labute approximate surface area is 196 Å². The van der Waals surface area contributed by atoms with Crippen LogP contribution in [-0.4, -0.2) is 25.3 Å². The highest BCUT2D eigenvalue weighted by molar-refractivity contribution is 6.29. The predicted molar refractivity (Wildman–Crippen MR) is 131 cm³/mol. The second-order valence-electron chi connectivity index (χ2n) is 7.90. The minimum absolute atomic E-state index is 0.225. The molecule has 0 fully saturated rings. The van der Waals surface area contributed by atoms with Crippen molar-refractivity contribution in [2.24, 2.45) is 0 Å². The molecule has 1 aliphatic rings. The van der Waals surface area contributed by atoms with Gasteiger partial charge in [0, 0.05) is 34.3 Å². The number of aromatic nitrogens is 4. The van der Waals surface area contributed by atoms with E-state index in [4.69, 9.17) is 28.2 Å². The molecule has 5 aromatic rings. The molecule has 1 atom stereocenters. The third-order valence-electron chi connectivity index (χ3n) is 5.97. The zero-order valence-corrected chi connectivity index (χ0v) is 18.5. The molecule has 5 nitrogen and oxygen atoms in total. The summed E-state index contributed by atoms with van der Waals surface area (Å²) in [5.74, 6) is -0.0452. The number of rotatable bonds is 2. The van der Waals surface area contributed by atoms with Gasteiger partial charge in [-0.2, -0.15) is 0 Å². The predicted octanol–water partition coefficient (Wildman–Crippen LogP) is 6.52. The quantitative estimate of drug-likeness (QED) is 0.173. The molecule has 0 saturated carbocycles. The van der Waals surface area contributed by atoms with Crippen LogP contribution in [0, 0.1) is 0 Å². The maximum absolute atomic E-state index is 14.7. The third kappa shape index (κ3) is 3.17. The highest BCUT2D eigenvalue weighted by Crippen LogP contribution is 2.38. The smallest absolute Gasteiger partial charge is 0.256 e. The number of H-pyrrole nitrogens is 2. The number of benzene rings is 2. The van der Waals surface area contributed by atoms with Crippen LogP contribution in [0.5, 0.6) is 0 Å². The van der Waals surface area contributed by atoms with E-state index < -0.39 is 11.2 Å². The molecule has 1 unspecified atom stereocenters. The second-order valence-corrected chi connectivity index (χ2v) is 8.82. The van der Waals surface area contributed by atoms with E-state index in [-0.39, 0.29) is 5.56 Å². The Hall–Kier alpha value is -3.48. The first-order chi connectivity index (χ1) is 16.0. The number of nitrogens with zero attached hydrogens (tertiary/aromatic N) is 2. The van der Waals surface area contributed by atoms with Crippen LogP contribution >= 0.6 is 23.2 Å². The zero-order valence-electron chi connectivity index (χ0n) is 17.0. The van der Waals surface area contributed by atoms with Crippen molar-refractivity contribution >= 4 is 61.4 Å². The van der Waals surface area contributed by atoms with E-state index in [1.165, 1.54) is 6.08 Å². The Balaban J connectivity index is 1.70. The van der Waals surface area contributed by atoms with Crippen molar-refractivity contribution in [2.45, 2.75) is 11.8 Å². The fraction of sp³-hybridized carbons (Fsp3) is 0.0800. The zero-order chi connectivity index (χ0) is 22.7. The van der Waals surface area contributed by atoms with Crippen molar-refractivity contribution in [3.63, 3.8) is 0 Å². The maximum Gasteiger partial charge on any atom is 0.256 e. The van der Waals surface area contributed by atoms with Gasteiger partial charge in [0.2, 0.25) is 0 Å². The average molecular weight is 477 g/mol. The van der Waals surface area contributed by atoms with Crippen molar-refractivity contribution in [3.8, 4) is 11.1 Å². The summed E-state index contributed by atoms with van der Waals surface area (Å²) in [6.45, 7) is 0. The number of pyridine rings is 2. The number of imidazole rings is 1. The number of hydrogen-bond donors (Lipinski definition) is 2. The fourth-order valence-electron chi connectivity index (χ4n) is 4.44. The minimum Gasteiger partial charge on any atom is -0.338 e. The molecule has 0 spiro atoms. The van der Waals surface area contributed by atoms with Crippen LogP contribution < -0.4 is 5.56 Å². The Bertz CT molecular complexity index is 1700. The summed E-state index contributed by atoms with van der Waals surface area (Å²) in [6, 6.07) is 11.2. The van der Waals surface area contributed by atoms with Gasteiger partial charge in [0.1, 0.15) is 16.8 Å². The Morgan fingerprint density at radius 2 is 1.91 bits per heavy atom. The van der Waals surface area contributed by atoms with Crippen molar-refractivity contribution in [2.75, 3.05) is 0 Å². The monoisotopic (exact) mass is 476 g/mol. The van der Waals surface area contributed by atoms with E-state index in [9.17, 15) is 9.18 Å². The first-order valence-corrected chi connectivity index (χ1v) is 11.1. The van der Waals surface area contributed by atoms with Crippen LogP contribution in [0.25, 0.3) is 49.3 Å². The van der Waals surface area contributed by atoms with Gasteiger partial charge < -0.3 is 9.97 Å². The molecule has 33 heavy (non-hydrogen) atoms. The fourth-order valence-corrected chi connectivity index (χ4v) is 4.86. The molecule has 0 saturated heterocycles. The molecular formula is C25H15Cl2FN4O. The van der Waals surface area contributed by atoms with Crippen LogP contribution in [-0.2, 0) is 0 Å². The largest absolute Gasteiger partial charge is 0.338 e. The minimum atomic E-state index is -0.527. The molecule has 0 aliphatic heterocycles. The van der Waals surface area contributed by atoms with Gasteiger partial charge in [-0.05, 0) is 47.7 Å². The summed E-state index contributed by atoms with van der Waals surface area (Å²) >= 11 is 12.4. The number of fused-ring (bicyclic) bond motifs is 6. The number of hydrogen-bond acceptors (Lipinski definition) is 3. The maximum atomic E-state index is 14.7. The summed E-state index contributed by atoms with van der Waals surface area (Å²) in [4.78, 5) is 27.8. The van der Waals surface area contributed by atoms with E-state index in [1.54, 1.807) is 24.5 Å². The van der Waals surface area contributed by atoms with Gasteiger partial charge in [-0.1, -0.05) is 29.8 Å². The van der Waals surface area contributed by atoms with Crippen LogP contribution in [0.4, 0.5) is 4.39 Å². The average Bonchev–Trinajstić information content (AvgIpc) is 3.24. The van der Waals surface area contributed by atoms with Crippen molar-refractivity contribution in [1.82, 2.24) is 19.9 Å². The van der Waals surface area contributed by atoms with Crippen molar-refractivity contribution in [1.29, 1.82) is 0 Å². The molecule has 2 N–H and O–H groups in total. The van der Waals surface area contributed by atoms with Crippen LogP contribution in [0.3, 0.4) is 0 Å². The first-order valence-electron chi connectivity index (χ1n) is 10.3. The summed E-state index contributed by atoms with van der Waals surface area (Å²) < 4.78 is 14.7. The number of nitrogens with one attached hydrogen (secondary N) is 2. The summed E-state index contributed by atoms with van der Waals surface area (Å²) in [5, 5.41) is 2.63. The first kappa shape index (κ1) is 20.1. The molecule has 0 bridgehead atoms. The Kier molecular flexibility index (Phi) is 4.60. The molecule has 0 radical (unpaired) electrons. The highest BCUT2D eigenvalue weighted by Gasteiger charge is 2.24. The van der Waals surface area contributed by atoms with Crippen LogP contribution in [0.1, 0.15) is 12.2 Å². The lowest BCUT2D eigenvalue weighted by atomic mass is 9.97. The van der Waals surface area contributed by atoms with Gasteiger partial charge in [-0.15, -0.1) is 11.6 Å². The van der Waals surface area contributed by atoms with E-state index in [0.29, 0.717) is 39.3 Å². The molecule has 8 heteroatoms. The lowest BCUT2D eigenvalue weighted by Gasteiger charge is -2.14. The van der Waals surface area contributed by atoms with E-state index in [0.717, 1.165) is 27.4 Å². The van der Waals surface area contributed by atoms with Gasteiger partial charge in [0.05, 0.1) is 21.8 Å². The molecule has 162 valence electrons. The number of halogens is 3. The third-order valence-corrected chi connectivity index (χ3v) is 6.59. The normalized spacial score (nSPS) is 16.4. The lowest BCUT2D eigenvalue weighted by molar-refractivity contribution is 0.658. The van der Waals surface area contributed by atoms with E-state index >= 15 is 0 Å². The van der Waals surface area contributed by atoms with Gasteiger partial charge in [-0.3, -0.25) is 4.79 Å². The van der Waals surface area contributed by atoms with Gasteiger partial charge in [0.25, 0.3) is 5.56 Å². The molecule has 3 heterocycles. The Morgan fingerprint density at radius 3 is 2.70 bits per heavy atom. The standard InChI is InChI=1S/C25H15Cl2FN4O/c26-17-2-1-3-18(28)21(17)24-31-22-14-6-4-12(13-5-7-19(27)30-11-13)10-16(14)20-15(23(22)32-24)8-9-29-25(20)33/h1,3-11,17H,2H2,(H,29,33)(H,31,32). The molecule has 3 aromatic heterocycles. The number of allylic oxidation sites excluding steroid dienone is 4. The molecule has 2 aromatic carbocycles. The van der Waals surface area contributed by atoms with Gasteiger partial charge in [-0.25, -0.2) is 14.4 Å². The van der Waals surface area contributed by atoms with Crippen LogP contribution in [0.15, 0.2) is 71.6 Å². The number of alkyl halides is 1. The summed E-state index contributed by atoms with van der Waals surface area (Å²) in [6.07, 6.45) is 6.91. The van der Waals surface area contributed by atoms with E-state index in [1.807, 2.05) is 30.3 Å². The molecule has 0 amide bonds. The van der Waals surface area contributed by atoms with Crippen molar-refractivity contribution < 1.29 is 4.39 Å². The molecule has 6 rings (SSSR count). The summed E-state index contributed by atoms with van der Waals surface area (Å²) in [7, 11) is 0. The molecular weight excluding hydrogens is 462 g/mol. The molecule has 1 aliphatic carbocycles. The lowest BCUT2D eigenvalue weighted by Crippen LogP contribution is -2.07. The highest BCUT2D eigenvalue weighted by atomic mass is 35.5. The summed E-state index contributed by atoms with van der Waals surface area (Å²) in [5.41, 5.74) is 3.18. The Morgan fingerprint density at radius 1 is 1.06 bits per heavy atom. The van der Waals surface area contributed by atoms with Crippen LogP contribution in [0.2, 0.25) is 5.15 Å². The second kappa shape index (κ2) is 7.54. The topological polar surface area (TPSA) is 74.4 Å². The van der Waals surface area contributed by atoms with Gasteiger partial charge >= 0.3 is 0 Å². The van der Waals surface area contributed by atoms with E-state index in [2.05, 4.69) is 15.0 Å². The van der Waals surface area contributed by atoms with Crippen molar-refractivity contribution in [3.05, 3.63) is 88.1 Å². The van der Waals surface area contributed by atoms with Gasteiger partial charge in [0.15, 0.2) is 0 Å². The number of aromatic amines is 2.